The zero-order chi connectivity index (χ0) is 16.4. The van der Waals surface area contributed by atoms with Crippen molar-refractivity contribution in [3.63, 3.8) is 0 Å². The lowest BCUT2D eigenvalue weighted by Gasteiger charge is -2.20. The van der Waals surface area contributed by atoms with Gasteiger partial charge >= 0.3 is 7.82 Å². The van der Waals surface area contributed by atoms with Gasteiger partial charge in [0, 0.05) is 31.7 Å². The lowest BCUT2D eigenvalue weighted by atomic mass is 9.96. The van der Waals surface area contributed by atoms with Crippen LogP contribution >= 0.6 is 29.4 Å². The Hall–Kier alpha value is 0.755. The number of hydrogen-bond acceptors (Lipinski definition) is 8. The molecule has 1 aliphatic rings. The van der Waals surface area contributed by atoms with E-state index in [0.717, 1.165) is 5.75 Å². The lowest BCUT2D eigenvalue weighted by Crippen LogP contribution is -2.28. The molecule has 1 N–H and O–H groups in total. The first-order valence-corrected chi connectivity index (χ1v) is 11.0. The fourth-order valence-electron chi connectivity index (χ4n) is 1.97. The Morgan fingerprint density at radius 2 is 1.95 bits per heavy atom. The van der Waals surface area contributed by atoms with Gasteiger partial charge in [0.05, 0.1) is 25.9 Å². The van der Waals surface area contributed by atoms with Crippen LogP contribution in [0.3, 0.4) is 0 Å². The summed E-state index contributed by atoms with van der Waals surface area (Å²) in [5.74, 6) is 1.46. The molecule has 1 aliphatic heterocycles. The minimum atomic E-state index is -4.07. The number of ether oxygens (including phenoxy) is 3. The molecule has 0 saturated carbocycles. The molecule has 0 spiro atoms. The average Bonchev–Trinajstić information content (AvgIpc) is 2.77. The van der Waals surface area contributed by atoms with Crippen molar-refractivity contribution in [3.8, 4) is 0 Å². The third-order valence-corrected chi connectivity index (χ3v) is 6.24. The number of methoxy groups -OCH3 is 2. The molecule has 11 heteroatoms. The fraction of sp³-hybridized carbons (Fsp3) is 1.00. The van der Waals surface area contributed by atoms with Crippen LogP contribution in [-0.2, 0) is 27.8 Å². The van der Waals surface area contributed by atoms with Crippen LogP contribution in [0.1, 0.15) is 6.42 Å². The van der Waals surface area contributed by atoms with Gasteiger partial charge in [0.15, 0.2) is 0 Å². The Kier molecular flexibility index (Phi) is 10.7. The second-order valence-corrected chi connectivity index (χ2v) is 8.87. The van der Waals surface area contributed by atoms with Gasteiger partial charge in [-0.2, -0.15) is 0 Å². The molecule has 1 rings (SSSR count). The first-order chi connectivity index (χ1) is 10.5. The van der Waals surface area contributed by atoms with Crippen LogP contribution in [0.25, 0.3) is 0 Å². The summed E-state index contributed by atoms with van der Waals surface area (Å²) in [7, 11) is 4.22. The summed E-state index contributed by atoms with van der Waals surface area (Å²) in [6, 6.07) is -0.0297. The quantitative estimate of drug-likeness (QED) is 0.232. The number of hydrogen-bond donors (Lipinski definition) is 1. The Balaban J connectivity index is 2.23. The molecule has 1 heterocycles. The molecule has 0 amide bonds. The van der Waals surface area contributed by atoms with E-state index in [4.69, 9.17) is 23.3 Å². The maximum atomic E-state index is 11.9. The average molecular weight is 374 g/mol. The van der Waals surface area contributed by atoms with Crippen LogP contribution in [0.15, 0.2) is 0 Å². The van der Waals surface area contributed by atoms with Crippen LogP contribution in [0.2, 0.25) is 0 Å². The first-order valence-electron chi connectivity index (χ1n) is 7.02. The maximum absolute atomic E-state index is 11.9. The zero-order valence-electron chi connectivity index (χ0n) is 13.1. The van der Waals surface area contributed by atoms with Crippen molar-refractivity contribution in [1.29, 1.82) is 0 Å². The van der Waals surface area contributed by atoms with Gasteiger partial charge in [0.2, 0.25) is 0 Å². The van der Waals surface area contributed by atoms with Crippen LogP contribution in [0, 0.1) is 0 Å². The summed E-state index contributed by atoms with van der Waals surface area (Å²) in [6.07, 6.45) is -0.290. The Labute approximate surface area is 140 Å². The van der Waals surface area contributed by atoms with Gasteiger partial charge in [-0.3, -0.25) is 9.05 Å². The van der Waals surface area contributed by atoms with Crippen LogP contribution in [0.4, 0.5) is 0 Å². The fourth-order valence-corrected chi connectivity index (χ4v) is 4.77. The number of phosphoric ester groups is 1. The largest absolute Gasteiger partial charge is 0.472 e. The van der Waals surface area contributed by atoms with Crippen molar-refractivity contribution in [2.75, 3.05) is 45.5 Å². The highest BCUT2D eigenvalue weighted by Crippen LogP contribution is 2.47. The summed E-state index contributed by atoms with van der Waals surface area (Å²) in [5.41, 5.74) is 0. The Bertz CT molecular complexity index is 352. The van der Waals surface area contributed by atoms with Crippen LogP contribution in [-0.4, -0.2) is 76.5 Å². The van der Waals surface area contributed by atoms with Gasteiger partial charge in [-0.15, -0.1) is 0 Å². The molecule has 0 aromatic heterocycles. The molecular weight excluding hydrogens is 350 g/mol. The van der Waals surface area contributed by atoms with Crippen LogP contribution < -0.4 is 0 Å². The molecule has 0 aromatic carbocycles. The SMILES string of the molecule is BC1CC(OP(=O)(O)OCCSSCCOC)C(COC)O1. The highest BCUT2D eigenvalue weighted by atomic mass is 33.1. The van der Waals surface area contributed by atoms with E-state index in [9.17, 15) is 9.46 Å². The van der Waals surface area contributed by atoms with Crippen molar-refractivity contribution >= 4 is 37.3 Å². The van der Waals surface area contributed by atoms with Crippen molar-refractivity contribution in [3.05, 3.63) is 0 Å². The second-order valence-electron chi connectivity index (χ2n) is 4.76. The molecule has 0 aliphatic carbocycles. The third-order valence-electron chi connectivity index (χ3n) is 2.86. The van der Waals surface area contributed by atoms with E-state index in [1.165, 1.54) is 0 Å². The van der Waals surface area contributed by atoms with Gasteiger partial charge < -0.3 is 19.1 Å². The predicted molar refractivity (Wildman–Crippen MR) is 91.1 cm³/mol. The summed E-state index contributed by atoms with van der Waals surface area (Å²) >= 11 is 0. The Morgan fingerprint density at radius 1 is 1.27 bits per heavy atom. The van der Waals surface area contributed by atoms with Crippen molar-refractivity contribution in [1.82, 2.24) is 0 Å². The molecule has 1 saturated heterocycles. The van der Waals surface area contributed by atoms with Gasteiger partial charge in [-0.25, -0.2) is 4.57 Å². The summed E-state index contributed by atoms with van der Waals surface area (Å²) in [5, 5.41) is 0. The van der Waals surface area contributed by atoms with E-state index in [-0.39, 0.29) is 18.7 Å². The summed E-state index contributed by atoms with van der Waals surface area (Å²) < 4.78 is 37.7. The second kappa shape index (κ2) is 11.3. The molecule has 4 unspecified atom stereocenters. The number of rotatable bonds is 12. The van der Waals surface area contributed by atoms with Crippen molar-refractivity contribution in [2.24, 2.45) is 0 Å². The van der Waals surface area contributed by atoms with Crippen molar-refractivity contribution in [2.45, 2.75) is 24.6 Å². The summed E-state index contributed by atoms with van der Waals surface area (Å²) in [6.45, 7) is 1.15. The smallest absolute Gasteiger partial charge is 0.384 e. The molecule has 4 atom stereocenters. The van der Waals surface area contributed by atoms with Gasteiger partial charge in [-0.05, 0) is 6.42 Å². The van der Waals surface area contributed by atoms with Crippen LogP contribution in [0.5, 0.6) is 0 Å². The van der Waals surface area contributed by atoms with E-state index in [2.05, 4.69) is 0 Å². The minimum Gasteiger partial charge on any atom is -0.384 e. The normalized spacial score (nSPS) is 27.9. The number of phosphoric acid groups is 1. The topological polar surface area (TPSA) is 83.5 Å². The molecular formula is C11H24BO7PS2. The van der Waals surface area contributed by atoms with Gasteiger partial charge in [0.25, 0.3) is 0 Å². The Morgan fingerprint density at radius 3 is 2.59 bits per heavy atom. The van der Waals surface area contributed by atoms with E-state index in [1.54, 1.807) is 35.8 Å². The minimum absolute atomic E-state index is 0.0297. The van der Waals surface area contributed by atoms with Crippen molar-refractivity contribution < 1.29 is 32.7 Å². The predicted octanol–water partition coefficient (Wildman–Crippen LogP) is 0.911. The maximum Gasteiger partial charge on any atom is 0.472 e. The molecule has 22 heavy (non-hydrogen) atoms. The standard InChI is InChI=1S/C11H24BO7PS2/c1-15-3-5-21-22-6-4-17-20(13,14)19-9-7-11(12)18-10(9)8-16-2/h9-11H,3-8,12H2,1-2H3,(H,13,14). The van der Waals surface area contributed by atoms with Gasteiger partial charge in [0.1, 0.15) is 14.0 Å². The third kappa shape index (κ3) is 8.56. The monoisotopic (exact) mass is 374 g/mol. The molecule has 130 valence electrons. The molecule has 7 nitrogen and oxygen atoms in total. The van der Waals surface area contributed by atoms with E-state index < -0.39 is 13.9 Å². The molecule has 0 aromatic rings. The van der Waals surface area contributed by atoms with E-state index >= 15 is 0 Å². The highest BCUT2D eigenvalue weighted by Gasteiger charge is 2.38. The molecule has 0 radical (unpaired) electrons. The summed E-state index contributed by atoms with van der Waals surface area (Å²) in [4.78, 5) is 9.77. The van der Waals surface area contributed by atoms with E-state index in [0.29, 0.717) is 25.4 Å². The highest BCUT2D eigenvalue weighted by molar-refractivity contribution is 8.76. The van der Waals surface area contributed by atoms with E-state index in [1.807, 2.05) is 7.85 Å². The zero-order valence-corrected chi connectivity index (χ0v) is 15.7. The lowest BCUT2D eigenvalue weighted by molar-refractivity contribution is -0.0193. The molecule has 1 fully saturated rings. The molecule has 0 bridgehead atoms. The first kappa shape index (κ1) is 20.8. The van der Waals surface area contributed by atoms with Gasteiger partial charge in [-0.1, -0.05) is 21.6 Å².